The average Bonchev–Trinajstić information content (AvgIpc) is 3.21. The van der Waals surface area contributed by atoms with Crippen LogP contribution in [0.25, 0.3) is 0 Å². The zero-order chi connectivity index (χ0) is 26.5. The van der Waals surface area contributed by atoms with Gasteiger partial charge >= 0.3 is 0 Å². The zero-order valence-corrected chi connectivity index (χ0v) is 22.9. The fraction of sp³-hybridized carbons (Fsp3) is 0.593. The van der Waals surface area contributed by atoms with Crippen LogP contribution >= 0.6 is 11.5 Å². The molecule has 0 atom stereocenters. The Balaban J connectivity index is 1.34. The number of amides is 3. The number of carbonyl (C=O) groups is 3. The first-order valence-electron chi connectivity index (χ1n) is 13.8. The van der Waals surface area contributed by atoms with Gasteiger partial charge in [-0.15, -0.1) is 5.10 Å². The number of carbonyl (C=O) groups excluding carboxylic acids is 3. The number of piperazine rings is 1. The molecule has 1 aromatic heterocycles. The van der Waals surface area contributed by atoms with E-state index < -0.39 is 0 Å². The lowest BCUT2D eigenvalue weighted by molar-refractivity contribution is -0.136. The van der Waals surface area contributed by atoms with Gasteiger partial charge in [-0.3, -0.25) is 14.4 Å². The third-order valence-electron chi connectivity index (χ3n) is 7.86. The van der Waals surface area contributed by atoms with Crippen LogP contribution in [0.5, 0.6) is 0 Å². The smallest absolute Gasteiger partial charge is 0.269 e. The Morgan fingerprint density at radius 2 is 1.74 bits per heavy atom. The number of aryl methyl sites for hydroxylation is 1. The molecule has 3 aliphatic rings. The van der Waals surface area contributed by atoms with Crippen molar-refractivity contribution in [3.63, 3.8) is 0 Å². The number of nitrogens with zero attached hydrogens (tertiary/aromatic N) is 5. The third-order valence-corrected chi connectivity index (χ3v) is 8.69. The van der Waals surface area contributed by atoms with Crippen molar-refractivity contribution in [1.82, 2.24) is 24.7 Å². The summed E-state index contributed by atoms with van der Waals surface area (Å²) in [6, 6.07) is 5.57. The molecule has 3 amide bonds. The van der Waals surface area contributed by atoms with Gasteiger partial charge in [0.15, 0.2) is 0 Å². The van der Waals surface area contributed by atoms with Crippen LogP contribution in [0.3, 0.4) is 0 Å². The van der Waals surface area contributed by atoms with Crippen LogP contribution in [-0.2, 0) is 4.79 Å². The van der Waals surface area contributed by atoms with Gasteiger partial charge in [0.1, 0.15) is 4.88 Å². The van der Waals surface area contributed by atoms with Crippen molar-refractivity contribution >= 4 is 40.6 Å². The van der Waals surface area contributed by atoms with E-state index in [0.717, 1.165) is 62.4 Å². The fourth-order valence-corrected chi connectivity index (χ4v) is 6.22. The summed E-state index contributed by atoms with van der Waals surface area (Å²) < 4.78 is 3.89. The van der Waals surface area contributed by atoms with Crippen LogP contribution in [-0.4, -0.2) is 89.5 Å². The predicted octanol–water partition coefficient (Wildman–Crippen LogP) is 2.76. The Kier molecular flexibility index (Phi) is 8.53. The third kappa shape index (κ3) is 5.99. The largest absolute Gasteiger partial charge is 0.366 e. The summed E-state index contributed by atoms with van der Waals surface area (Å²) in [4.78, 5) is 46.0. The van der Waals surface area contributed by atoms with Crippen LogP contribution in [0.15, 0.2) is 18.2 Å². The van der Waals surface area contributed by atoms with E-state index in [1.165, 1.54) is 6.42 Å². The molecule has 1 saturated carbocycles. The number of hydrogen-bond acceptors (Lipinski definition) is 8. The van der Waals surface area contributed by atoms with E-state index in [1.54, 1.807) is 13.0 Å². The van der Waals surface area contributed by atoms with Crippen molar-refractivity contribution in [1.29, 1.82) is 0 Å². The number of rotatable bonds is 5. The predicted molar refractivity (Wildman–Crippen MR) is 148 cm³/mol. The number of aromatic nitrogens is 2. The highest BCUT2D eigenvalue weighted by atomic mass is 32.1. The summed E-state index contributed by atoms with van der Waals surface area (Å²) in [5.74, 6) is 0.141. The summed E-state index contributed by atoms with van der Waals surface area (Å²) in [5, 5.41) is 10.3. The van der Waals surface area contributed by atoms with Crippen molar-refractivity contribution in [2.24, 2.45) is 5.92 Å². The first kappa shape index (κ1) is 26.6. The monoisotopic (exact) mass is 539 g/mol. The Morgan fingerprint density at radius 1 is 0.947 bits per heavy atom. The van der Waals surface area contributed by atoms with E-state index >= 15 is 0 Å². The summed E-state index contributed by atoms with van der Waals surface area (Å²) >= 11 is 1.06. The topological polar surface area (TPSA) is 111 Å². The zero-order valence-electron chi connectivity index (χ0n) is 22.1. The van der Waals surface area contributed by atoms with Crippen molar-refractivity contribution < 1.29 is 14.4 Å². The molecule has 0 unspecified atom stereocenters. The highest BCUT2D eigenvalue weighted by Crippen LogP contribution is 2.31. The van der Waals surface area contributed by atoms with Gasteiger partial charge in [-0.1, -0.05) is 23.8 Å². The lowest BCUT2D eigenvalue weighted by Crippen LogP contribution is -2.50. The summed E-state index contributed by atoms with van der Waals surface area (Å²) in [6.07, 6.45) is 6.44. The number of anilines is 2. The van der Waals surface area contributed by atoms with Crippen molar-refractivity contribution in [2.75, 3.05) is 62.6 Å². The molecular formula is C27H37N7O3S. The van der Waals surface area contributed by atoms with Gasteiger partial charge in [-0.25, -0.2) is 0 Å². The average molecular weight is 540 g/mol. The Morgan fingerprint density at radius 3 is 2.47 bits per heavy atom. The summed E-state index contributed by atoms with van der Waals surface area (Å²) in [6.45, 7) is 7.46. The first-order valence-corrected chi connectivity index (χ1v) is 14.6. The maximum Gasteiger partial charge on any atom is 0.269 e. The quantitative estimate of drug-likeness (QED) is 0.601. The Bertz CT molecular complexity index is 1150. The van der Waals surface area contributed by atoms with E-state index in [0.29, 0.717) is 67.0 Å². The molecule has 3 fully saturated rings. The molecule has 2 aliphatic heterocycles. The molecule has 204 valence electrons. The Labute approximate surface area is 227 Å². The second-order valence-corrected chi connectivity index (χ2v) is 11.2. The molecule has 10 nitrogen and oxygen atoms in total. The minimum Gasteiger partial charge on any atom is -0.366 e. The molecule has 0 bridgehead atoms. The van der Waals surface area contributed by atoms with Gasteiger partial charge in [0.05, 0.1) is 17.1 Å². The number of benzene rings is 1. The molecule has 2 saturated heterocycles. The summed E-state index contributed by atoms with van der Waals surface area (Å²) in [7, 11) is 0. The normalized spacial score (nSPS) is 19.2. The molecule has 1 aromatic carbocycles. The van der Waals surface area contributed by atoms with Crippen LogP contribution < -0.4 is 15.5 Å². The first-order chi connectivity index (χ1) is 18.5. The molecule has 5 rings (SSSR count). The van der Waals surface area contributed by atoms with Crippen molar-refractivity contribution in [3.05, 3.63) is 34.3 Å². The molecule has 1 aliphatic carbocycles. The van der Waals surface area contributed by atoms with Gasteiger partial charge in [0.25, 0.3) is 11.8 Å². The maximum absolute atomic E-state index is 13.3. The van der Waals surface area contributed by atoms with Crippen LogP contribution in [0.4, 0.5) is 11.4 Å². The van der Waals surface area contributed by atoms with Gasteiger partial charge in [0, 0.05) is 57.3 Å². The molecule has 38 heavy (non-hydrogen) atoms. The summed E-state index contributed by atoms with van der Waals surface area (Å²) in [5.41, 5.74) is 2.57. The van der Waals surface area contributed by atoms with E-state index in [9.17, 15) is 14.4 Å². The Hall–Kier alpha value is -3.05. The maximum atomic E-state index is 13.3. The van der Waals surface area contributed by atoms with Crippen LogP contribution in [0.1, 0.15) is 64.2 Å². The van der Waals surface area contributed by atoms with Crippen LogP contribution in [0, 0.1) is 12.8 Å². The second kappa shape index (κ2) is 12.2. The highest BCUT2D eigenvalue weighted by molar-refractivity contribution is 7.08. The highest BCUT2D eigenvalue weighted by Gasteiger charge is 2.30. The van der Waals surface area contributed by atoms with E-state index in [1.807, 2.05) is 21.9 Å². The minimum atomic E-state index is -0.284. The van der Waals surface area contributed by atoms with E-state index in [-0.39, 0.29) is 17.7 Å². The molecule has 3 heterocycles. The van der Waals surface area contributed by atoms with Crippen molar-refractivity contribution in [2.45, 2.75) is 45.4 Å². The number of nitrogens with one attached hydrogen (secondary N) is 2. The molecule has 11 heteroatoms. The van der Waals surface area contributed by atoms with Gasteiger partial charge in [0.2, 0.25) is 5.91 Å². The van der Waals surface area contributed by atoms with E-state index in [2.05, 4.69) is 25.1 Å². The minimum absolute atomic E-state index is 0.0331. The van der Waals surface area contributed by atoms with Gasteiger partial charge in [-0.05, 0) is 62.5 Å². The van der Waals surface area contributed by atoms with Crippen LogP contribution in [0.2, 0.25) is 0 Å². The molecule has 0 spiro atoms. The fourth-order valence-electron chi connectivity index (χ4n) is 5.67. The van der Waals surface area contributed by atoms with Gasteiger partial charge < -0.3 is 25.3 Å². The SMILES string of the molecule is Cc1nnsc1C(=O)Nc1cc(C(=O)N2CCCNCC2)ccc1N1CCN(C(=O)C2CCCCC2)CC1. The molecular weight excluding hydrogens is 502 g/mol. The van der Waals surface area contributed by atoms with E-state index in [4.69, 9.17) is 0 Å². The molecule has 2 aromatic rings. The van der Waals surface area contributed by atoms with Gasteiger partial charge in [-0.2, -0.15) is 0 Å². The second-order valence-electron chi connectivity index (χ2n) is 10.4. The molecule has 2 N–H and O–H groups in total. The number of hydrogen-bond donors (Lipinski definition) is 2. The lowest BCUT2D eigenvalue weighted by atomic mass is 9.88. The molecule has 0 radical (unpaired) electrons. The lowest BCUT2D eigenvalue weighted by Gasteiger charge is -2.39. The standard InChI is InChI=1S/C27H37N7O3S/c1-19-24(38-31-30-19)25(35)29-22-18-21(27(37)33-12-5-10-28-11-13-33)8-9-23(22)32-14-16-34(17-15-32)26(36)20-6-3-2-4-7-20/h8-9,18,20,28H,2-7,10-17H2,1H3,(H,29,35). The van der Waals surface area contributed by atoms with Crippen molar-refractivity contribution in [3.8, 4) is 0 Å².